The molecule has 0 atom stereocenters. The zero-order valence-corrected chi connectivity index (χ0v) is 21.3. The van der Waals surface area contributed by atoms with Crippen LogP contribution in [0.5, 0.6) is 0 Å². The van der Waals surface area contributed by atoms with E-state index in [0.29, 0.717) is 30.5 Å². The lowest BCUT2D eigenvalue weighted by atomic mass is 9.89. The van der Waals surface area contributed by atoms with Gasteiger partial charge in [-0.3, -0.25) is 14.6 Å². The van der Waals surface area contributed by atoms with E-state index in [4.69, 9.17) is 10.3 Å². The lowest BCUT2D eigenvalue weighted by Crippen LogP contribution is -2.52. The van der Waals surface area contributed by atoms with Crippen molar-refractivity contribution in [3.63, 3.8) is 0 Å². The number of benzene rings is 2. The minimum absolute atomic E-state index is 0.0657. The lowest BCUT2D eigenvalue weighted by Gasteiger charge is -2.39. The standard InChI is InChI=1S/C30H32N4O2/c1-19-7-10-24(30(36)34-15-25(16-34)23-11-8-22(14-31)9-12-23)13-28(19)27-5-4-6-29(32-20(27)2)26-17-33(18-26)21(3)35/h7-13,25-26H,4-6,15-18H2,1-3H3. The van der Waals surface area contributed by atoms with Crippen molar-refractivity contribution < 1.29 is 9.59 Å². The molecule has 0 aliphatic carbocycles. The second-order valence-electron chi connectivity index (χ2n) is 10.3. The third-order valence-electron chi connectivity index (χ3n) is 7.90. The summed E-state index contributed by atoms with van der Waals surface area (Å²) in [6.45, 7) is 8.75. The molecule has 2 aromatic rings. The number of allylic oxidation sites excluding steroid dienone is 2. The molecule has 2 amide bonds. The molecule has 2 aromatic carbocycles. The molecule has 2 fully saturated rings. The maximum Gasteiger partial charge on any atom is 0.253 e. The lowest BCUT2D eigenvalue weighted by molar-refractivity contribution is -0.133. The minimum atomic E-state index is 0.0657. The van der Waals surface area contributed by atoms with Gasteiger partial charge in [0.1, 0.15) is 0 Å². The Morgan fingerprint density at radius 3 is 2.31 bits per heavy atom. The van der Waals surface area contributed by atoms with E-state index < -0.39 is 0 Å². The summed E-state index contributed by atoms with van der Waals surface area (Å²) in [6.07, 6.45) is 2.92. The highest BCUT2D eigenvalue weighted by Gasteiger charge is 2.34. The van der Waals surface area contributed by atoms with E-state index in [1.165, 1.54) is 16.8 Å². The van der Waals surface area contributed by atoms with Gasteiger partial charge in [0, 0.05) is 61.9 Å². The first-order valence-electron chi connectivity index (χ1n) is 12.8. The molecule has 184 valence electrons. The van der Waals surface area contributed by atoms with E-state index in [2.05, 4.69) is 19.9 Å². The Kier molecular flexibility index (Phi) is 6.49. The fourth-order valence-corrected chi connectivity index (χ4v) is 5.49. The van der Waals surface area contributed by atoms with Crippen LogP contribution in [0, 0.1) is 24.2 Å². The second kappa shape index (κ2) is 9.73. The summed E-state index contributed by atoms with van der Waals surface area (Å²) in [5, 5.41) is 9.00. The highest BCUT2D eigenvalue weighted by Crippen LogP contribution is 2.34. The summed E-state index contributed by atoms with van der Waals surface area (Å²) in [7, 11) is 0. The number of rotatable bonds is 4. The van der Waals surface area contributed by atoms with Gasteiger partial charge in [-0.2, -0.15) is 5.26 Å². The Labute approximate surface area is 212 Å². The summed E-state index contributed by atoms with van der Waals surface area (Å²) in [5.41, 5.74) is 8.28. The Morgan fingerprint density at radius 1 is 0.944 bits per heavy atom. The molecule has 6 heteroatoms. The monoisotopic (exact) mass is 480 g/mol. The van der Waals surface area contributed by atoms with E-state index in [1.54, 1.807) is 6.92 Å². The normalized spacial score (nSPS) is 18.7. The maximum atomic E-state index is 13.3. The SMILES string of the molecule is CC(=O)N1CC(C2=NC(C)=C(c3cc(C(=O)N4CC(c5ccc(C#N)cc5)C4)ccc3C)CCC2)C1. The van der Waals surface area contributed by atoms with Crippen LogP contribution in [0.2, 0.25) is 0 Å². The van der Waals surface area contributed by atoms with Gasteiger partial charge in [-0.05, 0) is 79.6 Å². The van der Waals surface area contributed by atoms with Crippen LogP contribution in [0.4, 0.5) is 0 Å². The van der Waals surface area contributed by atoms with Crippen molar-refractivity contribution in [2.75, 3.05) is 26.2 Å². The average molecular weight is 481 g/mol. The van der Waals surface area contributed by atoms with Crippen LogP contribution >= 0.6 is 0 Å². The topological polar surface area (TPSA) is 76.8 Å². The fourth-order valence-electron chi connectivity index (χ4n) is 5.49. The molecule has 36 heavy (non-hydrogen) atoms. The summed E-state index contributed by atoms with van der Waals surface area (Å²) in [6, 6.07) is 15.8. The van der Waals surface area contributed by atoms with Crippen molar-refractivity contribution in [2.24, 2.45) is 10.9 Å². The highest BCUT2D eigenvalue weighted by molar-refractivity contribution is 5.96. The van der Waals surface area contributed by atoms with E-state index in [-0.39, 0.29) is 11.8 Å². The number of hydrogen-bond donors (Lipinski definition) is 0. The molecule has 5 rings (SSSR count). The van der Waals surface area contributed by atoms with Crippen molar-refractivity contribution in [1.82, 2.24) is 9.80 Å². The fraction of sp³-hybridized carbons (Fsp3) is 0.400. The molecule has 0 bridgehead atoms. The molecule has 0 aromatic heterocycles. The quantitative estimate of drug-likeness (QED) is 0.622. The second-order valence-corrected chi connectivity index (χ2v) is 10.3. The molecule has 3 heterocycles. The third kappa shape index (κ3) is 4.58. The molecular weight excluding hydrogens is 448 g/mol. The van der Waals surface area contributed by atoms with Crippen molar-refractivity contribution >= 4 is 23.1 Å². The predicted molar refractivity (Wildman–Crippen MR) is 141 cm³/mol. The zero-order valence-electron chi connectivity index (χ0n) is 21.3. The summed E-state index contributed by atoms with van der Waals surface area (Å²) < 4.78 is 0. The van der Waals surface area contributed by atoms with Crippen LogP contribution in [-0.2, 0) is 4.79 Å². The molecule has 6 nitrogen and oxygen atoms in total. The van der Waals surface area contributed by atoms with Gasteiger partial charge in [0.25, 0.3) is 5.91 Å². The van der Waals surface area contributed by atoms with Gasteiger partial charge < -0.3 is 9.80 Å². The van der Waals surface area contributed by atoms with Crippen LogP contribution in [0.3, 0.4) is 0 Å². The number of likely N-dealkylation sites (tertiary alicyclic amines) is 2. The van der Waals surface area contributed by atoms with Gasteiger partial charge in [-0.15, -0.1) is 0 Å². The van der Waals surface area contributed by atoms with Crippen molar-refractivity contribution in [2.45, 2.75) is 46.0 Å². The first-order valence-corrected chi connectivity index (χ1v) is 12.8. The zero-order chi connectivity index (χ0) is 25.4. The van der Waals surface area contributed by atoms with Gasteiger partial charge >= 0.3 is 0 Å². The molecular formula is C30H32N4O2. The van der Waals surface area contributed by atoms with Gasteiger partial charge in [0.2, 0.25) is 5.91 Å². The molecule has 0 radical (unpaired) electrons. The van der Waals surface area contributed by atoms with Gasteiger partial charge in [-0.25, -0.2) is 0 Å². The first-order chi connectivity index (χ1) is 17.3. The smallest absolute Gasteiger partial charge is 0.253 e. The number of carbonyl (C=O) groups is 2. The molecule has 0 spiro atoms. The van der Waals surface area contributed by atoms with E-state index >= 15 is 0 Å². The van der Waals surface area contributed by atoms with E-state index in [1.807, 2.05) is 52.3 Å². The Balaban J connectivity index is 1.31. The predicted octanol–water partition coefficient (Wildman–Crippen LogP) is 4.94. The van der Waals surface area contributed by atoms with Crippen molar-refractivity contribution in [3.8, 4) is 6.07 Å². The minimum Gasteiger partial charge on any atom is -0.341 e. The number of carbonyl (C=O) groups excluding carboxylic acids is 2. The van der Waals surface area contributed by atoms with E-state index in [9.17, 15) is 9.59 Å². The summed E-state index contributed by atoms with van der Waals surface area (Å²) in [4.78, 5) is 33.7. The van der Waals surface area contributed by atoms with Crippen molar-refractivity contribution in [1.29, 1.82) is 5.26 Å². The van der Waals surface area contributed by atoms with Crippen LogP contribution < -0.4 is 0 Å². The molecule has 0 unspecified atom stereocenters. The summed E-state index contributed by atoms with van der Waals surface area (Å²) in [5.74, 6) is 0.885. The van der Waals surface area contributed by atoms with Crippen LogP contribution in [0.15, 0.2) is 53.2 Å². The molecule has 3 aliphatic heterocycles. The summed E-state index contributed by atoms with van der Waals surface area (Å²) >= 11 is 0. The Bertz CT molecular complexity index is 1300. The maximum absolute atomic E-state index is 13.3. The number of hydrogen-bond acceptors (Lipinski definition) is 4. The van der Waals surface area contributed by atoms with Crippen LogP contribution in [-0.4, -0.2) is 53.5 Å². The third-order valence-corrected chi connectivity index (χ3v) is 7.90. The first kappa shape index (κ1) is 24.0. The highest BCUT2D eigenvalue weighted by atomic mass is 16.2. The van der Waals surface area contributed by atoms with Crippen LogP contribution in [0.25, 0.3) is 5.57 Å². The number of aryl methyl sites for hydroxylation is 1. The molecule has 3 aliphatic rings. The molecule has 0 saturated carbocycles. The van der Waals surface area contributed by atoms with Crippen LogP contribution in [0.1, 0.15) is 71.6 Å². The van der Waals surface area contributed by atoms with Gasteiger partial charge in [0.15, 0.2) is 0 Å². The Morgan fingerprint density at radius 2 is 1.64 bits per heavy atom. The van der Waals surface area contributed by atoms with Crippen molar-refractivity contribution in [3.05, 3.63) is 76.0 Å². The van der Waals surface area contributed by atoms with Gasteiger partial charge in [-0.1, -0.05) is 18.2 Å². The largest absolute Gasteiger partial charge is 0.341 e. The number of aliphatic imine (C=N–C) groups is 1. The number of amides is 2. The molecule has 0 N–H and O–H groups in total. The van der Waals surface area contributed by atoms with E-state index in [0.717, 1.165) is 54.7 Å². The Hall–Kier alpha value is -3.72. The van der Waals surface area contributed by atoms with Gasteiger partial charge in [0.05, 0.1) is 11.6 Å². The average Bonchev–Trinajstić information content (AvgIpc) is 2.99. The number of nitriles is 1. The molecule has 2 saturated heterocycles. The number of nitrogens with zero attached hydrogens (tertiary/aromatic N) is 4.